The number of para-hydroxylation sites is 2. The van der Waals surface area contributed by atoms with Crippen LogP contribution >= 0.6 is 23.2 Å². The number of benzene rings is 3. The molecule has 0 saturated heterocycles. The Hall–Kier alpha value is -3.47. The second-order valence-electron chi connectivity index (χ2n) is 6.53. The van der Waals surface area contributed by atoms with E-state index in [1.165, 1.54) is 36.5 Å². The van der Waals surface area contributed by atoms with Gasteiger partial charge in [-0.1, -0.05) is 59.6 Å². The summed E-state index contributed by atoms with van der Waals surface area (Å²) in [5.41, 5.74) is 2.26. The number of nitro benzene ring substituents is 1. The minimum Gasteiger partial charge on any atom is -0.271 e. The van der Waals surface area contributed by atoms with Crippen LogP contribution in [0.3, 0.4) is 0 Å². The molecule has 0 aliphatic carbocycles. The summed E-state index contributed by atoms with van der Waals surface area (Å²) < 4.78 is 27.5. The Morgan fingerprint density at radius 2 is 1.73 bits per heavy atom. The second kappa shape index (κ2) is 10.4. The average Bonchev–Trinajstić information content (AvgIpc) is 2.79. The van der Waals surface area contributed by atoms with E-state index in [0.29, 0.717) is 15.6 Å². The summed E-state index contributed by atoms with van der Waals surface area (Å²) >= 11 is 11.9. The maximum atomic E-state index is 13.3. The van der Waals surface area contributed by atoms with Crippen molar-refractivity contribution in [2.24, 2.45) is 5.10 Å². The van der Waals surface area contributed by atoms with Crippen molar-refractivity contribution in [1.29, 1.82) is 0 Å². The first-order valence-corrected chi connectivity index (χ1v) is 11.5. The molecule has 0 aromatic heterocycles. The Labute approximate surface area is 199 Å². The maximum absolute atomic E-state index is 13.3. The standard InChI is InChI=1S/C21H16Cl2N4O5S/c22-16-11-10-15(18(23)12-16)13-24-25-21(28)14-26(17-6-2-1-3-7-17)33(31,32)20-9-5-4-8-19(20)27(29)30/h1-13H,14H2,(H,25,28)/b24-13-. The summed E-state index contributed by atoms with van der Waals surface area (Å²) in [5, 5.41) is 15.9. The summed E-state index contributed by atoms with van der Waals surface area (Å²) in [5.74, 6) is -0.776. The molecule has 0 fully saturated rings. The van der Waals surface area contributed by atoms with E-state index >= 15 is 0 Å². The van der Waals surface area contributed by atoms with Crippen LogP contribution in [0.15, 0.2) is 82.8 Å². The van der Waals surface area contributed by atoms with Crippen molar-refractivity contribution in [3.63, 3.8) is 0 Å². The van der Waals surface area contributed by atoms with Gasteiger partial charge in [-0.3, -0.25) is 19.2 Å². The van der Waals surface area contributed by atoms with Crippen LogP contribution in [0.1, 0.15) is 5.56 Å². The van der Waals surface area contributed by atoms with Gasteiger partial charge in [-0.2, -0.15) is 5.10 Å². The number of carbonyl (C=O) groups is 1. The van der Waals surface area contributed by atoms with Crippen LogP contribution in [0.4, 0.5) is 11.4 Å². The lowest BCUT2D eigenvalue weighted by Gasteiger charge is -2.23. The molecule has 0 saturated carbocycles. The van der Waals surface area contributed by atoms with Crippen molar-refractivity contribution in [2.45, 2.75) is 4.90 Å². The summed E-state index contributed by atoms with van der Waals surface area (Å²) in [7, 11) is -4.47. The Morgan fingerprint density at radius 3 is 2.39 bits per heavy atom. The number of rotatable bonds is 8. The number of sulfonamides is 1. The van der Waals surface area contributed by atoms with E-state index in [1.807, 2.05) is 0 Å². The van der Waals surface area contributed by atoms with Crippen LogP contribution in [0.2, 0.25) is 10.0 Å². The van der Waals surface area contributed by atoms with Crippen LogP contribution in [-0.4, -0.2) is 32.0 Å². The topological polar surface area (TPSA) is 122 Å². The van der Waals surface area contributed by atoms with Crippen LogP contribution in [0.25, 0.3) is 0 Å². The Bertz CT molecular complexity index is 1320. The van der Waals surface area contributed by atoms with Gasteiger partial charge in [-0.05, 0) is 30.3 Å². The van der Waals surface area contributed by atoms with Crippen LogP contribution in [0, 0.1) is 10.1 Å². The first-order valence-electron chi connectivity index (χ1n) is 9.28. The van der Waals surface area contributed by atoms with E-state index in [0.717, 1.165) is 16.4 Å². The van der Waals surface area contributed by atoms with Gasteiger partial charge < -0.3 is 0 Å². The van der Waals surface area contributed by atoms with E-state index in [1.54, 1.807) is 30.3 Å². The quantitative estimate of drug-likeness (QED) is 0.278. The monoisotopic (exact) mass is 506 g/mol. The first-order chi connectivity index (χ1) is 15.7. The molecule has 9 nitrogen and oxygen atoms in total. The number of hydrogen-bond donors (Lipinski definition) is 1. The maximum Gasteiger partial charge on any atom is 0.289 e. The minimum atomic E-state index is -4.47. The summed E-state index contributed by atoms with van der Waals surface area (Å²) in [4.78, 5) is 22.6. The van der Waals surface area contributed by atoms with Gasteiger partial charge in [-0.15, -0.1) is 0 Å². The molecule has 0 aliphatic heterocycles. The fraction of sp³-hybridized carbons (Fsp3) is 0.0476. The van der Waals surface area contributed by atoms with Crippen molar-refractivity contribution in [3.8, 4) is 0 Å². The number of amides is 1. The van der Waals surface area contributed by atoms with Gasteiger partial charge in [0.25, 0.3) is 21.6 Å². The fourth-order valence-corrected chi connectivity index (χ4v) is 4.84. The highest BCUT2D eigenvalue weighted by Crippen LogP contribution is 2.29. The summed E-state index contributed by atoms with van der Waals surface area (Å²) in [6, 6.07) is 17.4. The second-order valence-corrected chi connectivity index (χ2v) is 9.21. The molecule has 0 heterocycles. The number of hydrazone groups is 1. The number of nitrogens with zero attached hydrogens (tertiary/aromatic N) is 3. The molecule has 3 aromatic carbocycles. The zero-order valence-electron chi connectivity index (χ0n) is 16.8. The third-order valence-electron chi connectivity index (χ3n) is 4.32. The zero-order valence-corrected chi connectivity index (χ0v) is 19.1. The van der Waals surface area contributed by atoms with Gasteiger partial charge in [0, 0.05) is 16.7 Å². The number of hydrogen-bond acceptors (Lipinski definition) is 6. The molecule has 1 N–H and O–H groups in total. The molecule has 170 valence electrons. The molecule has 33 heavy (non-hydrogen) atoms. The predicted molar refractivity (Wildman–Crippen MR) is 126 cm³/mol. The molecule has 3 aromatic rings. The van der Waals surface area contributed by atoms with E-state index in [-0.39, 0.29) is 5.69 Å². The lowest BCUT2D eigenvalue weighted by atomic mass is 10.2. The molecule has 0 spiro atoms. The third kappa shape index (κ3) is 5.86. The van der Waals surface area contributed by atoms with Gasteiger partial charge >= 0.3 is 0 Å². The van der Waals surface area contributed by atoms with Crippen LogP contribution < -0.4 is 9.73 Å². The number of nitrogens with one attached hydrogen (secondary N) is 1. The van der Waals surface area contributed by atoms with Gasteiger partial charge in [0.05, 0.1) is 21.8 Å². The molecule has 0 atom stereocenters. The van der Waals surface area contributed by atoms with Crippen LogP contribution in [0.5, 0.6) is 0 Å². The van der Waals surface area contributed by atoms with E-state index in [4.69, 9.17) is 23.2 Å². The van der Waals surface area contributed by atoms with Crippen molar-refractivity contribution in [2.75, 3.05) is 10.8 Å². The van der Waals surface area contributed by atoms with Crippen molar-refractivity contribution in [3.05, 3.63) is 98.5 Å². The number of anilines is 1. The van der Waals surface area contributed by atoms with Crippen molar-refractivity contribution in [1.82, 2.24) is 5.43 Å². The summed E-state index contributed by atoms with van der Waals surface area (Å²) in [6.07, 6.45) is 1.28. The largest absolute Gasteiger partial charge is 0.289 e. The molecule has 0 radical (unpaired) electrons. The van der Waals surface area contributed by atoms with E-state index in [2.05, 4.69) is 10.5 Å². The average molecular weight is 507 g/mol. The molecular formula is C21H16Cl2N4O5S. The van der Waals surface area contributed by atoms with Gasteiger partial charge in [0.2, 0.25) is 0 Å². The Morgan fingerprint density at radius 1 is 1.06 bits per heavy atom. The molecule has 12 heteroatoms. The number of halogens is 2. The van der Waals surface area contributed by atoms with Gasteiger partial charge in [-0.25, -0.2) is 13.8 Å². The first kappa shape index (κ1) is 24.2. The highest BCUT2D eigenvalue weighted by Gasteiger charge is 2.33. The molecule has 0 bridgehead atoms. The molecule has 0 aliphatic rings. The van der Waals surface area contributed by atoms with Crippen LogP contribution in [-0.2, 0) is 14.8 Å². The van der Waals surface area contributed by atoms with Gasteiger partial charge in [0.1, 0.15) is 6.54 Å². The lowest BCUT2D eigenvalue weighted by Crippen LogP contribution is -2.39. The fourth-order valence-electron chi connectivity index (χ4n) is 2.80. The normalized spacial score (nSPS) is 11.3. The van der Waals surface area contributed by atoms with E-state index in [9.17, 15) is 23.3 Å². The SMILES string of the molecule is O=C(CN(c1ccccc1)S(=O)(=O)c1ccccc1[N+](=O)[O-])N/N=C\c1ccc(Cl)cc1Cl. The Balaban J connectivity index is 1.89. The van der Waals surface area contributed by atoms with E-state index < -0.39 is 38.0 Å². The highest BCUT2D eigenvalue weighted by molar-refractivity contribution is 7.93. The Kier molecular flexibility index (Phi) is 7.64. The highest BCUT2D eigenvalue weighted by atomic mass is 35.5. The number of carbonyl (C=O) groups excluding carboxylic acids is 1. The zero-order chi connectivity index (χ0) is 24.0. The number of nitro groups is 1. The minimum absolute atomic E-state index is 0.149. The summed E-state index contributed by atoms with van der Waals surface area (Å²) in [6.45, 7) is -0.677. The van der Waals surface area contributed by atoms with Crippen molar-refractivity contribution < 1.29 is 18.1 Å². The van der Waals surface area contributed by atoms with Gasteiger partial charge in [0.15, 0.2) is 4.90 Å². The smallest absolute Gasteiger partial charge is 0.271 e. The molecule has 3 rings (SSSR count). The third-order valence-corrected chi connectivity index (χ3v) is 6.70. The molecule has 0 unspecified atom stereocenters. The van der Waals surface area contributed by atoms with Crippen molar-refractivity contribution >= 4 is 56.7 Å². The lowest BCUT2D eigenvalue weighted by molar-refractivity contribution is -0.387. The predicted octanol–water partition coefficient (Wildman–Crippen LogP) is 4.25. The molecular weight excluding hydrogens is 491 g/mol. The molecule has 1 amide bonds.